The minimum atomic E-state index is -0.268. The number of aliphatic imine (C=N–C) groups is 1. The molecule has 3 rings (SSSR count). The van der Waals surface area contributed by atoms with Gasteiger partial charge < -0.3 is 5.32 Å². The summed E-state index contributed by atoms with van der Waals surface area (Å²) in [5, 5.41) is 6.16. The molecule has 0 aliphatic carbocycles. The number of halogens is 1. The first-order valence-corrected chi connectivity index (χ1v) is 7.31. The summed E-state index contributed by atoms with van der Waals surface area (Å²) in [6.07, 6.45) is 2.38. The number of thiazole rings is 1. The van der Waals surface area contributed by atoms with Crippen LogP contribution >= 0.6 is 11.3 Å². The number of anilines is 1. The van der Waals surface area contributed by atoms with Crippen LogP contribution in [0.1, 0.15) is 10.4 Å². The van der Waals surface area contributed by atoms with E-state index in [0.29, 0.717) is 30.5 Å². The lowest BCUT2D eigenvalue weighted by molar-refractivity contribution is -0.110. The first-order chi connectivity index (χ1) is 10.2. The number of carbonyl (C=O) groups is 1. The number of amidine groups is 1. The third-order valence-electron chi connectivity index (χ3n) is 2.95. The molecule has 7 heteroatoms. The Morgan fingerprint density at radius 2 is 2.19 bits per heavy atom. The van der Waals surface area contributed by atoms with Gasteiger partial charge in [0.15, 0.2) is 11.0 Å². The number of hydrogen-bond donors (Lipinski definition) is 2. The fourth-order valence-electron chi connectivity index (χ4n) is 1.96. The minimum absolute atomic E-state index is 0.249. The summed E-state index contributed by atoms with van der Waals surface area (Å²) >= 11 is 1.40. The van der Waals surface area contributed by atoms with Crippen LogP contribution in [0.2, 0.25) is 0 Å². The number of nitrogens with one attached hydrogen (secondary N) is 2. The molecule has 2 aromatic rings. The summed E-state index contributed by atoms with van der Waals surface area (Å²) < 4.78 is 12.8. The first kappa shape index (κ1) is 13.7. The van der Waals surface area contributed by atoms with Gasteiger partial charge in [-0.15, -0.1) is 11.3 Å². The lowest BCUT2D eigenvalue weighted by atomic mass is 10.1. The van der Waals surface area contributed by atoms with Gasteiger partial charge in [-0.05, 0) is 17.7 Å². The predicted molar refractivity (Wildman–Crippen MR) is 80.3 cm³/mol. The van der Waals surface area contributed by atoms with E-state index in [1.807, 2.05) is 0 Å². The molecule has 21 heavy (non-hydrogen) atoms. The van der Waals surface area contributed by atoms with Gasteiger partial charge in [-0.2, -0.15) is 0 Å². The van der Waals surface area contributed by atoms with Crippen LogP contribution in [0.3, 0.4) is 0 Å². The Bertz CT molecular complexity index is 681. The normalized spacial score (nSPS) is 13.7. The lowest BCUT2D eigenvalue weighted by Crippen LogP contribution is -2.32. The summed E-state index contributed by atoms with van der Waals surface area (Å²) in [5.74, 6) is -0.165. The number of rotatable bonds is 4. The smallest absolute Gasteiger partial charge is 0.292 e. The quantitative estimate of drug-likeness (QED) is 0.905. The molecule has 0 saturated carbocycles. The Hall–Kier alpha value is -2.28. The molecule has 5 nitrogen and oxygen atoms in total. The second-order valence-electron chi connectivity index (χ2n) is 4.55. The van der Waals surface area contributed by atoms with Crippen molar-refractivity contribution in [1.29, 1.82) is 0 Å². The van der Waals surface area contributed by atoms with E-state index in [2.05, 4.69) is 20.6 Å². The molecule has 0 spiro atoms. The highest BCUT2D eigenvalue weighted by Gasteiger charge is 2.16. The van der Waals surface area contributed by atoms with E-state index < -0.39 is 0 Å². The first-order valence-electron chi connectivity index (χ1n) is 6.49. The molecule has 2 N–H and O–H groups in total. The van der Waals surface area contributed by atoms with Gasteiger partial charge in [-0.3, -0.25) is 15.1 Å². The fourth-order valence-corrected chi connectivity index (χ4v) is 2.80. The van der Waals surface area contributed by atoms with Crippen molar-refractivity contribution >= 4 is 28.2 Å². The molecule has 1 aliphatic rings. The Labute approximate surface area is 124 Å². The number of hydrogen-bond acceptors (Lipinski definition) is 5. The minimum Gasteiger partial charge on any atom is -0.364 e. The molecule has 0 fully saturated rings. The Kier molecular flexibility index (Phi) is 3.92. The van der Waals surface area contributed by atoms with Crippen molar-refractivity contribution in [2.24, 2.45) is 4.99 Å². The predicted octanol–water partition coefficient (Wildman–Crippen LogP) is 1.81. The Morgan fingerprint density at radius 3 is 2.90 bits per heavy atom. The maximum atomic E-state index is 12.8. The van der Waals surface area contributed by atoms with E-state index in [1.54, 1.807) is 18.3 Å². The maximum Gasteiger partial charge on any atom is 0.292 e. The van der Waals surface area contributed by atoms with Gasteiger partial charge in [0.05, 0.1) is 6.54 Å². The molecule has 1 aromatic heterocycles. The van der Waals surface area contributed by atoms with Crippen LogP contribution in [0.15, 0.2) is 35.5 Å². The molecule has 1 amide bonds. The number of amides is 1. The van der Waals surface area contributed by atoms with Crippen LogP contribution in [0, 0.1) is 5.82 Å². The van der Waals surface area contributed by atoms with Gasteiger partial charge in [0, 0.05) is 24.0 Å². The largest absolute Gasteiger partial charge is 0.364 e. The zero-order valence-electron chi connectivity index (χ0n) is 11.1. The van der Waals surface area contributed by atoms with Crippen LogP contribution in [-0.4, -0.2) is 29.8 Å². The van der Waals surface area contributed by atoms with E-state index in [0.717, 1.165) is 10.4 Å². The summed E-state index contributed by atoms with van der Waals surface area (Å²) in [6.45, 7) is 1.31. The van der Waals surface area contributed by atoms with Gasteiger partial charge in [0.1, 0.15) is 5.82 Å². The molecule has 1 aliphatic heterocycles. The van der Waals surface area contributed by atoms with Crippen molar-refractivity contribution in [2.75, 3.05) is 18.4 Å². The molecule has 1 aromatic carbocycles. The van der Waals surface area contributed by atoms with E-state index in [9.17, 15) is 9.18 Å². The molecule has 0 atom stereocenters. The second kappa shape index (κ2) is 6.01. The lowest BCUT2D eigenvalue weighted by Gasteiger charge is -2.01. The highest BCUT2D eigenvalue weighted by molar-refractivity contribution is 7.15. The number of carbonyl (C=O) groups excluding carboxylic acids is 1. The van der Waals surface area contributed by atoms with Crippen LogP contribution in [0.5, 0.6) is 0 Å². The third kappa shape index (κ3) is 3.43. The fraction of sp³-hybridized carbons (Fsp3) is 0.214. The average molecular weight is 304 g/mol. The van der Waals surface area contributed by atoms with Crippen LogP contribution in [0.4, 0.5) is 9.52 Å². The van der Waals surface area contributed by atoms with Gasteiger partial charge in [-0.1, -0.05) is 12.1 Å². The summed E-state index contributed by atoms with van der Waals surface area (Å²) in [4.78, 5) is 21.1. The van der Waals surface area contributed by atoms with Gasteiger partial charge >= 0.3 is 0 Å². The van der Waals surface area contributed by atoms with Gasteiger partial charge in [0.25, 0.3) is 5.91 Å². The van der Waals surface area contributed by atoms with E-state index in [1.165, 1.54) is 23.5 Å². The molecule has 0 unspecified atom stereocenters. The number of aromatic nitrogens is 1. The van der Waals surface area contributed by atoms with Crippen molar-refractivity contribution in [1.82, 2.24) is 10.3 Å². The summed E-state index contributed by atoms with van der Waals surface area (Å²) in [6, 6.07) is 6.35. The molecule has 0 radical (unpaired) electrons. The highest BCUT2D eigenvalue weighted by Crippen LogP contribution is 2.21. The summed E-state index contributed by atoms with van der Waals surface area (Å²) in [7, 11) is 0. The average Bonchev–Trinajstić information content (AvgIpc) is 3.13. The van der Waals surface area contributed by atoms with Crippen molar-refractivity contribution < 1.29 is 9.18 Å². The molecule has 0 bridgehead atoms. The Morgan fingerprint density at radius 1 is 1.38 bits per heavy atom. The number of benzene rings is 1. The molecule has 2 heterocycles. The van der Waals surface area contributed by atoms with E-state index in [-0.39, 0.29) is 11.7 Å². The van der Waals surface area contributed by atoms with Crippen molar-refractivity contribution in [3.8, 4) is 0 Å². The topological polar surface area (TPSA) is 66.4 Å². The van der Waals surface area contributed by atoms with Crippen molar-refractivity contribution in [3.63, 3.8) is 0 Å². The maximum absolute atomic E-state index is 12.8. The van der Waals surface area contributed by atoms with Crippen LogP contribution in [-0.2, 0) is 11.2 Å². The SMILES string of the molecule is O=C(Nc1ncc(Cc2ccc(F)cc2)s1)C1=NCCN1. The monoisotopic (exact) mass is 304 g/mol. The summed E-state index contributed by atoms with van der Waals surface area (Å²) in [5.41, 5.74) is 1.000. The Balaban J connectivity index is 1.63. The third-order valence-corrected chi connectivity index (χ3v) is 3.87. The molecule has 108 valence electrons. The van der Waals surface area contributed by atoms with Crippen LogP contribution in [0.25, 0.3) is 0 Å². The van der Waals surface area contributed by atoms with Crippen molar-refractivity contribution in [3.05, 3.63) is 46.7 Å². The van der Waals surface area contributed by atoms with Crippen molar-refractivity contribution in [2.45, 2.75) is 6.42 Å². The second-order valence-corrected chi connectivity index (χ2v) is 5.66. The zero-order chi connectivity index (χ0) is 14.7. The highest BCUT2D eigenvalue weighted by atomic mass is 32.1. The standard InChI is InChI=1S/C14H13FN4OS/c15-10-3-1-9(2-4-10)7-11-8-18-14(21-11)19-13(20)12-16-5-6-17-12/h1-4,8H,5-7H2,(H,16,17)(H,18,19,20). The molecular formula is C14H13FN4OS. The zero-order valence-corrected chi connectivity index (χ0v) is 11.9. The number of nitrogens with zero attached hydrogens (tertiary/aromatic N) is 2. The van der Waals surface area contributed by atoms with E-state index in [4.69, 9.17) is 0 Å². The van der Waals surface area contributed by atoms with Crippen LogP contribution < -0.4 is 10.6 Å². The van der Waals surface area contributed by atoms with Gasteiger partial charge in [-0.25, -0.2) is 9.37 Å². The molecular weight excluding hydrogens is 291 g/mol. The van der Waals surface area contributed by atoms with E-state index >= 15 is 0 Å². The van der Waals surface area contributed by atoms with Gasteiger partial charge in [0.2, 0.25) is 0 Å². The molecule has 0 saturated heterocycles.